The van der Waals surface area contributed by atoms with Crippen LogP contribution in [-0.4, -0.2) is 38.7 Å². The van der Waals surface area contributed by atoms with Crippen LogP contribution in [0.5, 0.6) is 0 Å². The summed E-state index contributed by atoms with van der Waals surface area (Å²) in [5, 5.41) is 0. The average Bonchev–Trinajstić information content (AvgIpc) is 2.14. The van der Waals surface area contributed by atoms with Crippen LogP contribution in [0.25, 0.3) is 0 Å². The topological polar surface area (TPSA) is 36.9 Å². The van der Waals surface area contributed by atoms with Crippen LogP contribution in [0.3, 0.4) is 0 Å². The molecular formula is C7H20O4Si2. The van der Waals surface area contributed by atoms with Crippen molar-refractivity contribution in [2.75, 3.05) is 21.3 Å². The van der Waals surface area contributed by atoms with E-state index in [1.807, 2.05) is 0 Å². The monoisotopic (exact) mass is 224 g/mol. The molecule has 0 rings (SSSR count). The number of hydrogen-bond donors (Lipinski definition) is 0. The van der Waals surface area contributed by atoms with Crippen molar-refractivity contribution in [3.05, 3.63) is 0 Å². The highest BCUT2D eigenvalue weighted by Gasteiger charge is 2.46. The Morgan fingerprint density at radius 1 is 0.923 bits per heavy atom. The molecule has 0 aliphatic rings. The maximum Gasteiger partial charge on any atom is 0.668 e. The average molecular weight is 224 g/mol. The molecule has 0 aliphatic heterocycles. The Kier molecular flexibility index (Phi) is 5.34. The standard InChI is InChI=1S/C7H20O4Si2/c1-7-12(5,6)11-13(8-2,9-3)10-4/h7H2,1-6H3. The molecule has 0 aromatic heterocycles. The molecule has 13 heavy (non-hydrogen) atoms. The van der Waals surface area contributed by atoms with Gasteiger partial charge < -0.3 is 17.4 Å². The Morgan fingerprint density at radius 2 is 1.31 bits per heavy atom. The van der Waals surface area contributed by atoms with Gasteiger partial charge in [0.05, 0.1) is 0 Å². The van der Waals surface area contributed by atoms with E-state index in [0.29, 0.717) is 0 Å². The van der Waals surface area contributed by atoms with E-state index in [-0.39, 0.29) is 0 Å². The van der Waals surface area contributed by atoms with Gasteiger partial charge in [-0.2, -0.15) is 0 Å². The zero-order valence-corrected chi connectivity index (χ0v) is 11.3. The first-order valence-electron chi connectivity index (χ1n) is 4.31. The molecule has 0 aliphatic carbocycles. The van der Waals surface area contributed by atoms with Crippen LogP contribution < -0.4 is 0 Å². The van der Waals surface area contributed by atoms with Gasteiger partial charge >= 0.3 is 9.05 Å². The third kappa shape index (κ3) is 3.88. The fraction of sp³-hybridized carbons (Fsp3) is 1.00. The van der Waals surface area contributed by atoms with E-state index >= 15 is 0 Å². The van der Waals surface area contributed by atoms with Crippen LogP contribution in [0.2, 0.25) is 19.1 Å². The van der Waals surface area contributed by atoms with Crippen LogP contribution in [0.15, 0.2) is 0 Å². The molecule has 0 unspecified atom stereocenters. The van der Waals surface area contributed by atoms with Gasteiger partial charge in [0.25, 0.3) is 0 Å². The van der Waals surface area contributed by atoms with Gasteiger partial charge in [0.15, 0.2) is 8.32 Å². The molecule has 0 aromatic carbocycles. The van der Waals surface area contributed by atoms with Crippen molar-refractivity contribution < 1.29 is 17.4 Å². The van der Waals surface area contributed by atoms with E-state index in [9.17, 15) is 0 Å². The first-order chi connectivity index (χ1) is 5.95. The zero-order valence-electron chi connectivity index (χ0n) is 9.34. The van der Waals surface area contributed by atoms with Crippen molar-refractivity contribution in [1.82, 2.24) is 0 Å². The molecule has 80 valence electrons. The van der Waals surface area contributed by atoms with E-state index < -0.39 is 17.4 Å². The summed E-state index contributed by atoms with van der Waals surface area (Å²) in [7, 11) is 0.164. The third-order valence-corrected chi connectivity index (χ3v) is 8.42. The maximum atomic E-state index is 5.83. The molecule has 0 fully saturated rings. The Hall–Kier alpha value is 0.274. The first kappa shape index (κ1) is 13.3. The van der Waals surface area contributed by atoms with E-state index in [1.165, 1.54) is 0 Å². The highest BCUT2D eigenvalue weighted by Crippen LogP contribution is 2.19. The second kappa shape index (κ2) is 5.23. The minimum Gasteiger partial charge on any atom is -0.394 e. The van der Waals surface area contributed by atoms with Gasteiger partial charge in [-0.15, -0.1) is 0 Å². The molecule has 6 heteroatoms. The lowest BCUT2D eigenvalue weighted by Gasteiger charge is -2.31. The van der Waals surface area contributed by atoms with Crippen molar-refractivity contribution in [3.8, 4) is 0 Å². The second-order valence-electron chi connectivity index (χ2n) is 3.33. The van der Waals surface area contributed by atoms with Crippen molar-refractivity contribution in [3.63, 3.8) is 0 Å². The Labute approximate surface area is 82.8 Å². The van der Waals surface area contributed by atoms with E-state index in [4.69, 9.17) is 17.4 Å². The second-order valence-corrected chi connectivity index (χ2v) is 10.6. The zero-order chi connectivity index (χ0) is 10.5. The Bertz CT molecular complexity index is 139. The molecule has 0 heterocycles. The van der Waals surface area contributed by atoms with Gasteiger partial charge in [0.2, 0.25) is 0 Å². The predicted molar refractivity (Wildman–Crippen MR) is 55.8 cm³/mol. The summed E-state index contributed by atoms with van der Waals surface area (Å²) >= 11 is 0. The minimum atomic E-state index is -2.81. The maximum absolute atomic E-state index is 5.83. The molecular weight excluding hydrogens is 204 g/mol. The summed E-state index contributed by atoms with van der Waals surface area (Å²) in [6.07, 6.45) is 0. The third-order valence-electron chi connectivity index (χ3n) is 2.00. The Morgan fingerprint density at radius 3 is 1.54 bits per heavy atom. The molecule has 0 aromatic rings. The lowest BCUT2D eigenvalue weighted by Crippen LogP contribution is -2.53. The number of rotatable bonds is 6. The van der Waals surface area contributed by atoms with Crippen molar-refractivity contribution in [2.24, 2.45) is 0 Å². The summed E-state index contributed by atoms with van der Waals surface area (Å²) in [5.74, 6) is 0. The molecule has 0 spiro atoms. The minimum absolute atomic E-state index is 1.01. The van der Waals surface area contributed by atoms with E-state index in [0.717, 1.165) is 6.04 Å². The van der Waals surface area contributed by atoms with Crippen LogP contribution >= 0.6 is 0 Å². The van der Waals surface area contributed by atoms with Gasteiger partial charge in [0, 0.05) is 21.3 Å². The molecule has 0 radical (unpaired) electrons. The van der Waals surface area contributed by atoms with Gasteiger partial charge in [-0.3, -0.25) is 0 Å². The van der Waals surface area contributed by atoms with Crippen molar-refractivity contribution in [2.45, 2.75) is 26.1 Å². The molecule has 0 atom stereocenters. The lowest BCUT2D eigenvalue weighted by molar-refractivity contribution is 0.0480. The molecule has 0 saturated heterocycles. The summed E-state index contributed by atoms with van der Waals surface area (Å²) in [4.78, 5) is 0. The van der Waals surface area contributed by atoms with Gasteiger partial charge in [-0.25, -0.2) is 0 Å². The normalized spacial score (nSPS) is 13.4. The summed E-state index contributed by atoms with van der Waals surface area (Å²) in [5.41, 5.74) is 0. The molecule has 0 N–H and O–H groups in total. The van der Waals surface area contributed by atoms with E-state index in [2.05, 4.69) is 20.0 Å². The Balaban J connectivity index is 4.41. The smallest absolute Gasteiger partial charge is 0.394 e. The van der Waals surface area contributed by atoms with Crippen LogP contribution in [0.1, 0.15) is 6.92 Å². The lowest BCUT2D eigenvalue weighted by atomic mass is 11.0. The van der Waals surface area contributed by atoms with E-state index in [1.54, 1.807) is 21.3 Å². The quantitative estimate of drug-likeness (QED) is 0.642. The predicted octanol–water partition coefficient (Wildman–Crippen LogP) is 1.60. The largest absolute Gasteiger partial charge is 0.668 e. The van der Waals surface area contributed by atoms with Crippen molar-refractivity contribution >= 4 is 17.4 Å². The summed E-state index contributed by atoms with van der Waals surface area (Å²) in [6, 6.07) is 1.01. The fourth-order valence-corrected chi connectivity index (χ4v) is 5.57. The highest BCUT2D eigenvalue weighted by molar-refractivity contribution is 6.78. The molecule has 0 bridgehead atoms. The van der Waals surface area contributed by atoms with Crippen molar-refractivity contribution in [1.29, 1.82) is 0 Å². The highest BCUT2D eigenvalue weighted by atomic mass is 28.5. The van der Waals surface area contributed by atoms with Crippen LogP contribution in [0, 0.1) is 0 Å². The molecule has 0 amide bonds. The first-order valence-corrected chi connectivity index (χ1v) is 9.05. The summed E-state index contributed by atoms with van der Waals surface area (Å²) < 4.78 is 21.4. The molecule has 0 saturated carbocycles. The fourth-order valence-electron chi connectivity index (χ4n) is 0.786. The van der Waals surface area contributed by atoms with Gasteiger partial charge in [-0.05, 0) is 19.1 Å². The number of hydrogen-bond acceptors (Lipinski definition) is 4. The summed E-state index contributed by atoms with van der Waals surface area (Å²) in [6.45, 7) is 6.34. The SMILES string of the molecule is CC[Si](C)(C)O[Si](OC)(OC)OC. The van der Waals surface area contributed by atoms with Crippen LogP contribution in [0.4, 0.5) is 0 Å². The molecule has 4 nitrogen and oxygen atoms in total. The van der Waals surface area contributed by atoms with Gasteiger partial charge in [0.1, 0.15) is 0 Å². The van der Waals surface area contributed by atoms with Gasteiger partial charge in [-0.1, -0.05) is 6.92 Å². The van der Waals surface area contributed by atoms with Crippen LogP contribution in [-0.2, 0) is 17.4 Å².